The molecule has 0 bridgehead atoms. The number of hydrogen-bond acceptors (Lipinski definition) is 3. The maximum Gasteiger partial charge on any atom is 0.413 e. The van der Waals surface area contributed by atoms with E-state index in [1.807, 2.05) is 0 Å². The summed E-state index contributed by atoms with van der Waals surface area (Å²) >= 11 is 0. The Labute approximate surface area is 119 Å². The number of allylic oxidation sites excluding steroid dienone is 3. The van der Waals surface area contributed by atoms with E-state index in [9.17, 15) is 18.0 Å². The number of carbonyl (C=O) groups is 1. The Bertz CT molecular complexity index is 571. The van der Waals surface area contributed by atoms with Crippen molar-refractivity contribution in [3.8, 4) is 0 Å². The van der Waals surface area contributed by atoms with Crippen LogP contribution in [0.3, 0.4) is 0 Å². The number of aliphatic carboxylic acids is 1. The zero-order chi connectivity index (χ0) is 15.6. The number of ether oxygens (including phenoxy) is 1. The highest BCUT2D eigenvalue weighted by Gasteiger charge is 2.38. The summed E-state index contributed by atoms with van der Waals surface area (Å²) in [4.78, 5) is 14.5. The molecule has 0 aromatic rings. The van der Waals surface area contributed by atoms with E-state index in [0.717, 1.165) is 6.08 Å². The highest BCUT2D eigenvalue weighted by molar-refractivity contribution is 5.90. The van der Waals surface area contributed by atoms with Crippen molar-refractivity contribution in [1.29, 1.82) is 0 Å². The molecule has 1 N–H and O–H groups in total. The summed E-state index contributed by atoms with van der Waals surface area (Å²) in [5.41, 5.74) is -0.474. The van der Waals surface area contributed by atoms with E-state index in [0.29, 0.717) is 0 Å². The second kappa shape index (κ2) is 5.75. The highest BCUT2D eigenvalue weighted by atomic mass is 19.4. The van der Waals surface area contributed by atoms with Crippen LogP contribution in [0.5, 0.6) is 0 Å². The summed E-state index contributed by atoms with van der Waals surface area (Å²) in [5.74, 6) is -1.34. The third-order valence-electron chi connectivity index (χ3n) is 3.31. The Morgan fingerprint density at radius 1 is 1.43 bits per heavy atom. The second-order valence-electron chi connectivity index (χ2n) is 4.93. The van der Waals surface area contributed by atoms with Gasteiger partial charge in [-0.3, -0.25) is 0 Å². The number of alkyl halides is 3. The molecule has 0 saturated carbocycles. The third kappa shape index (κ3) is 3.74. The molecule has 0 aromatic carbocycles. The SMILES string of the molecule is CC1CC=C(OC2=NC=C(C(=O)O)CC2)C=C1C(F)(F)F. The molecule has 1 unspecified atom stereocenters. The molecule has 0 spiro atoms. The molecule has 0 fully saturated rings. The van der Waals surface area contributed by atoms with Gasteiger partial charge in [-0.05, 0) is 30.9 Å². The average Bonchev–Trinajstić information content (AvgIpc) is 2.40. The van der Waals surface area contributed by atoms with Crippen molar-refractivity contribution in [3.05, 3.63) is 35.3 Å². The van der Waals surface area contributed by atoms with Crippen LogP contribution in [-0.4, -0.2) is 23.1 Å². The lowest BCUT2D eigenvalue weighted by Gasteiger charge is -2.23. The second-order valence-corrected chi connectivity index (χ2v) is 4.93. The van der Waals surface area contributed by atoms with Crippen LogP contribution in [-0.2, 0) is 9.53 Å². The van der Waals surface area contributed by atoms with E-state index in [2.05, 4.69) is 4.99 Å². The smallest absolute Gasteiger partial charge is 0.413 e. The van der Waals surface area contributed by atoms with Crippen LogP contribution in [0.2, 0.25) is 0 Å². The number of halogens is 3. The molecule has 0 amide bonds. The van der Waals surface area contributed by atoms with Crippen LogP contribution in [0.15, 0.2) is 40.2 Å². The van der Waals surface area contributed by atoms with E-state index < -0.39 is 23.6 Å². The standard InChI is InChI=1S/C14H14F3NO3/c1-8-2-4-10(6-11(8)14(15,16)17)21-12-5-3-9(7-18-12)13(19)20/h4,6-8H,2-3,5H2,1H3,(H,19,20). The van der Waals surface area contributed by atoms with Gasteiger partial charge in [0.1, 0.15) is 5.76 Å². The first kappa shape index (κ1) is 15.3. The molecule has 2 aliphatic rings. The normalized spacial score (nSPS) is 22.8. The monoisotopic (exact) mass is 301 g/mol. The predicted molar refractivity (Wildman–Crippen MR) is 69.5 cm³/mol. The number of nitrogens with zero attached hydrogens (tertiary/aromatic N) is 1. The van der Waals surface area contributed by atoms with Crippen LogP contribution in [0.4, 0.5) is 13.2 Å². The minimum atomic E-state index is -4.38. The lowest BCUT2D eigenvalue weighted by molar-refractivity contribution is -0.132. The largest absolute Gasteiger partial charge is 0.478 e. The van der Waals surface area contributed by atoms with Crippen LogP contribution >= 0.6 is 0 Å². The highest BCUT2D eigenvalue weighted by Crippen LogP contribution is 2.37. The first-order valence-electron chi connectivity index (χ1n) is 6.43. The molecule has 1 aliphatic heterocycles. The molecule has 114 valence electrons. The van der Waals surface area contributed by atoms with Gasteiger partial charge in [-0.2, -0.15) is 13.2 Å². The number of aliphatic imine (C=N–C) groups is 1. The Balaban J connectivity index is 2.11. The van der Waals surface area contributed by atoms with Crippen LogP contribution in [0.25, 0.3) is 0 Å². The average molecular weight is 301 g/mol. The molecule has 0 aromatic heterocycles. The first-order chi connectivity index (χ1) is 9.77. The summed E-state index contributed by atoms with van der Waals surface area (Å²) < 4.78 is 43.8. The quantitative estimate of drug-likeness (QED) is 0.848. The number of carboxylic acids is 1. The molecule has 2 rings (SSSR count). The van der Waals surface area contributed by atoms with Crippen molar-refractivity contribution >= 4 is 11.9 Å². The Kier molecular flexibility index (Phi) is 4.20. The third-order valence-corrected chi connectivity index (χ3v) is 3.31. The van der Waals surface area contributed by atoms with E-state index in [4.69, 9.17) is 9.84 Å². The van der Waals surface area contributed by atoms with Crippen molar-refractivity contribution in [2.24, 2.45) is 10.9 Å². The summed E-state index contributed by atoms with van der Waals surface area (Å²) in [6.45, 7) is 1.51. The van der Waals surface area contributed by atoms with Gasteiger partial charge in [0.25, 0.3) is 0 Å². The maximum atomic E-state index is 12.8. The van der Waals surface area contributed by atoms with Crippen molar-refractivity contribution in [2.45, 2.75) is 32.4 Å². The lowest BCUT2D eigenvalue weighted by Crippen LogP contribution is -2.21. The number of rotatable bonds is 2. The molecule has 0 saturated heterocycles. The van der Waals surface area contributed by atoms with Gasteiger partial charge in [-0.15, -0.1) is 0 Å². The molecule has 1 heterocycles. The van der Waals surface area contributed by atoms with Crippen molar-refractivity contribution < 1.29 is 27.8 Å². The van der Waals surface area contributed by atoms with Gasteiger partial charge < -0.3 is 9.84 Å². The van der Waals surface area contributed by atoms with Crippen molar-refractivity contribution in [1.82, 2.24) is 0 Å². The minimum Gasteiger partial charge on any atom is -0.478 e. The molecule has 1 aliphatic carbocycles. The van der Waals surface area contributed by atoms with E-state index in [-0.39, 0.29) is 36.5 Å². The van der Waals surface area contributed by atoms with Gasteiger partial charge in [0.05, 0.1) is 5.57 Å². The van der Waals surface area contributed by atoms with Gasteiger partial charge in [0, 0.05) is 18.2 Å². The van der Waals surface area contributed by atoms with Gasteiger partial charge >= 0.3 is 12.1 Å². The Hall–Kier alpha value is -2.05. The van der Waals surface area contributed by atoms with Gasteiger partial charge in [0.15, 0.2) is 5.90 Å². The zero-order valence-electron chi connectivity index (χ0n) is 11.3. The van der Waals surface area contributed by atoms with Gasteiger partial charge in [-0.1, -0.05) is 6.92 Å². The molecular weight excluding hydrogens is 287 g/mol. The summed E-state index contributed by atoms with van der Waals surface area (Å²) in [6.07, 6.45) is 0.0820. The number of hydrogen-bond donors (Lipinski definition) is 1. The molecular formula is C14H14F3NO3. The fraction of sp³-hybridized carbons (Fsp3) is 0.429. The summed E-state index contributed by atoms with van der Waals surface area (Å²) in [6, 6.07) is 0. The first-order valence-corrected chi connectivity index (χ1v) is 6.43. The van der Waals surface area contributed by atoms with Crippen molar-refractivity contribution in [3.63, 3.8) is 0 Å². The Morgan fingerprint density at radius 3 is 2.67 bits per heavy atom. The van der Waals surface area contributed by atoms with E-state index in [1.54, 1.807) is 6.08 Å². The predicted octanol–water partition coefficient (Wildman–Crippen LogP) is 3.58. The van der Waals surface area contributed by atoms with Crippen LogP contribution in [0.1, 0.15) is 26.2 Å². The fourth-order valence-corrected chi connectivity index (χ4v) is 2.10. The molecule has 21 heavy (non-hydrogen) atoms. The topological polar surface area (TPSA) is 58.9 Å². The molecule has 1 atom stereocenters. The Morgan fingerprint density at radius 2 is 2.14 bits per heavy atom. The fourth-order valence-electron chi connectivity index (χ4n) is 2.10. The number of carboxylic acid groups (broad SMARTS) is 1. The van der Waals surface area contributed by atoms with Crippen molar-refractivity contribution in [2.75, 3.05) is 0 Å². The van der Waals surface area contributed by atoms with Crippen LogP contribution < -0.4 is 0 Å². The van der Waals surface area contributed by atoms with Crippen LogP contribution in [0, 0.1) is 5.92 Å². The molecule has 7 heteroatoms. The molecule has 4 nitrogen and oxygen atoms in total. The zero-order valence-corrected chi connectivity index (χ0v) is 11.3. The summed E-state index contributed by atoms with van der Waals surface area (Å²) in [5, 5.41) is 8.78. The van der Waals surface area contributed by atoms with Gasteiger partial charge in [-0.25, -0.2) is 9.79 Å². The van der Waals surface area contributed by atoms with Gasteiger partial charge in [0.2, 0.25) is 0 Å². The molecule has 0 radical (unpaired) electrons. The minimum absolute atomic E-state index is 0.103. The lowest BCUT2D eigenvalue weighted by atomic mass is 9.92. The maximum absolute atomic E-state index is 12.8. The van der Waals surface area contributed by atoms with E-state index >= 15 is 0 Å². The van der Waals surface area contributed by atoms with E-state index in [1.165, 1.54) is 13.1 Å². The summed E-state index contributed by atoms with van der Waals surface area (Å²) in [7, 11) is 0.